The fourth-order valence-electron chi connectivity index (χ4n) is 3.79. The van der Waals surface area contributed by atoms with Crippen LogP contribution in [0.5, 0.6) is 0 Å². The molecule has 1 aromatic heterocycles. The molecule has 0 radical (unpaired) electrons. The molecule has 5 nitrogen and oxygen atoms in total. The van der Waals surface area contributed by atoms with E-state index in [0.29, 0.717) is 19.5 Å². The summed E-state index contributed by atoms with van der Waals surface area (Å²) in [6, 6.07) is 12.3. The summed E-state index contributed by atoms with van der Waals surface area (Å²) in [5.41, 5.74) is 3.67. The van der Waals surface area contributed by atoms with Crippen LogP contribution in [-0.4, -0.2) is 34.3 Å². The number of nitrogens with zero attached hydrogens (tertiary/aromatic N) is 2. The van der Waals surface area contributed by atoms with Crippen molar-refractivity contribution < 1.29 is 9.59 Å². The summed E-state index contributed by atoms with van der Waals surface area (Å²) in [7, 11) is 0. The van der Waals surface area contributed by atoms with E-state index in [2.05, 4.69) is 22.4 Å². The number of hydrogen-bond acceptors (Lipinski definition) is 3. The second-order valence-corrected chi connectivity index (χ2v) is 6.91. The van der Waals surface area contributed by atoms with Crippen LogP contribution in [0.3, 0.4) is 0 Å². The highest BCUT2D eigenvalue weighted by Crippen LogP contribution is 2.24. The Morgan fingerprint density at radius 2 is 1.76 bits per heavy atom. The highest BCUT2D eigenvalue weighted by Gasteiger charge is 2.35. The minimum absolute atomic E-state index is 0.00313. The third-order valence-corrected chi connectivity index (χ3v) is 5.11. The van der Waals surface area contributed by atoms with Gasteiger partial charge in [-0.1, -0.05) is 24.3 Å². The summed E-state index contributed by atoms with van der Waals surface area (Å²) < 4.78 is 0. The van der Waals surface area contributed by atoms with Crippen LogP contribution < -0.4 is 5.32 Å². The zero-order valence-electron chi connectivity index (χ0n) is 14.0. The molecule has 2 aromatic rings. The van der Waals surface area contributed by atoms with Crippen LogP contribution in [0.4, 0.5) is 0 Å². The first-order valence-electron chi connectivity index (χ1n) is 8.73. The molecule has 1 atom stereocenters. The first-order chi connectivity index (χ1) is 12.2. The quantitative estimate of drug-likeness (QED) is 0.925. The zero-order chi connectivity index (χ0) is 17.2. The molecular weight excluding hydrogens is 314 g/mol. The van der Waals surface area contributed by atoms with E-state index in [-0.39, 0.29) is 23.8 Å². The van der Waals surface area contributed by atoms with Gasteiger partial charge >= 0.3 is 0 Å². The maximum absolute atomic E-state index is 12.6. The smallest absolute Gasteiger partial charge is 0.225 e. The van der Waals surface area contributed by atoms with Crippen LogP contribution in [0.1, 0.15) is 23.1 Å². The molecule has 5 heteroatoms. The van der Waals surface area contributed by atoms with E-state index in [1.54, 1.807) is 17.3 Å². The third kappa shape index (κ3) is 3.40. The molecule has 1 aliphatic carbocycles. The van der Waals surface area contributed by atoms with Gasteiger partial charge in [-0.2, -0.15) is 0 Å². The molecule has 2 amide bonds. The minimum Gasteiger partial charge on any atom is -0.352 e. The molecule has 0 bridgehead atoms. The van der Waals surface area contributed by atoms with E-state index in [0.717, 1.165) is 18.4 Å². The maximum atomic E-state index is 12.6. The van der Waals surface area contributed by atoms with Crippen molar-refractivity contribution in [3.63, 3.8) is 0 Å². The van der Waals surface area contributed by atoms with E-state index in [9.17, 15) is 9.59 Å². The number of amides is 2. The lowest BCUT2D eigenvalue weighted by molar-refractivity contribution is -0.129. The predicted octanol–water partition coefficient (Wildman–Crippen LogP) is 1.71. The number of fused-ring (bicyclic) bond motifs is 1. The van der Waals surface area contributed by atoms with Gasteiger partial charge in [-0.05, 0) is 41.7 Å². The number of hydrogen-bond donors (Lipinski definition) is 1. The Morgan fingerprint density at radius 1 is 1.08 bits per heavy atom. The molecule has 0 saturated carbocycles. The first-order valence-corrected chi connectivity index (χ1v) is 8.73. The molecule has 2 heterocycles. The largest absolute Gasteiger partial charge is 0.352 e. The van der Waals surface area contributed by atoms with Crippen molar-refractivity contribution in [2.75, 3.05) is 6.54 Å². The summed E-state index contributed by atoms with van der Waals surface area (Å²) in [6.45, 7) is 1.03. The van der Waals surface area contributed by atoms with Crippen LogP contribution in [0, 0.1) is 5.92 Å². The second-order valence-electron chi connectivity index (χ2n) is 6.91. The van der Waals surface area contributed by atoms with Crippen LogP contribution >= 0.6 is 0 Å². The van der Waals surface area contributed by atoms with Crippen molar-refractivity contribution in [2.45, 2.75) is 31.8 Å². The molecule has 1 aromatic carbocycles. The Morgan fingerprint density at radius 3 is 2.44 bits per heavy atom. The monoisotopic (exact) mass is 335 g/mol. The summed E-state index contributed by atoms with van der Waals surface area (Å²) >= 11 is 0. The highest BCUT2D eigenvalue weighted by molar-refractivity contribution is 5.89. The van der Waals surface area contributed by atoms with Crippen LogP contribution in [0.2, 0.25) is 0 Å². The lowest BCUT2D eigenvalue weighted by Crippen LogP contribution is -2.40. The van der Waals surface area contributed by atoms with Crippen molar-refractivity contribution in [3.8, 4) is 0 Å². The van der Waals surface area contributed by atoms with Crippen molar-refractivity contribution in [1.82, 2.24) is 15.2 Å². The molecule has 4 rings (SSSR count). The minimum atomic E-state index is -0.252. The molecule has 1 aliphatic heterocycles. The number of rotatable bonds is 4. The summed E-state index contributed by atoms with van der Waals surface area (Å²) in [5, 5.41) is 3.14. The van der Waals surface area contributed by atoms with Crippen molar-refractivity contribution >= 4 is 11.8 Å². The van der Waals surface area contributed by atoms with Crippen LogP contribution in [-0.2, 0) is 29.0 Å². The number of nitrogens with one attached hydrogen (secondary N) is 1. The average Bonchev–Trinajstić information content (AvgIpc) is 3.19. The van der Waals surface area contributed by atoms with Gasteiger partial charge in [0, 0.05) is 37.9 Å². The van der Waals surface area contributed by atoms with E-state index in [1.165, 1.54) is 11.1 Å². The van der Waals surface area contributed by atoms with Gasteiger partial charge in [0.1, 0.15) is 0 Å². The van der Waals surface area contributed by atoms with Crippen molar-refractivity contribution in [2.24, 2.45) is 5.92 Å². The van der Waals surface area contributed by atoms with Gasteiger partial charge in [-0.3, -0.25) is 14.6 Å². The second kappa shape index (κ2) is 6.67. The fraction of sp³-hybridized carbons (Fsp3) is 0.350. The average molecular weight is 335 g/mol. The molecule has 1 fully saturated rings. The Balaban J connectivity index is 1.34. The summed E-state index contributed by atoms with van der Waals surface area (Å²) in [5.74, 6) is -0.201. The summed E-state index contributed by atoms with van der Waals surface area (Å²) in [6.07, 6.45) is 5.50. The van der Waals surface area contributed by atoms with Crippen molar-refractivity contribution in [3.05, 3.63) is 65.5 Å². The lowest BCUT2D eigenvalue weighted by atomic mass is 10.1. The molecule has 1 saturated heterocycles. The van der Waals surface area contributed by atoms with Gasteiger partial charge in [-0.15, -0.1) is 0 Å². The molecule has 0 unspecified atom stereocenters. The Labute approximate surface area is 147 Å². The van der Waals surface area contributed by atoms with Crippen LogP contribution in [0.25, 0.3) is 0 Å². The SMILES string of the molecule is O=C(NC1Cc2ccccc2C1)[C@H]1CC(=O)N(Cc2ccncc2)C1. The van der Waals surface area contributed by atoms with Gasteiger partial charge < -0.3 is 10.2 Å². The third-order valence-electron chi connectivity index (χ3n) is 5.11. The fourth-order valence-corrected chi connectivity index (χ4v) is 3.79. The predicted molar refractivity (Wildman–Crippen MR) is 93.5 cm³/mol. The van der Waals surface area contributed by atoms with Gasteiger partial charge in [0.25, 0.3) is 0 Å². The number of pyridine rings is 1. The number of carbonyl (C=O) groups is 2. The Bertz CT molecular complexity index is 766. The number of carbonyl (C=O) groups excluding carboxylic acids is 2. The van der Waals surface area contributed by atoms with Crippen molar-refractivity contribution in [1.29, 1.82) is 0 Å². The van der Waals surface area contributed by atoms with E-state index < -0.39 is 0 Å². The Kier molecular flexibility index (Phi) is 4.22. The van der Waals surface area contributed by atoms with Gasteiger partial charge in [0.2, 0.25) is 11.8 Å². The molecule has 128 valence electrons. The number of aromatic nitrogens is 1. The standard InChI is InChI=1S/C20H21N3O2/c24-19-11-17(13-23(19)12-14-5-7-21-8-6-14)20(25)22-18-9-15-3-1-2-4-16(15)10-18/h1-8,17-18H,9-13H2,(H,22,25)/t17-/m0/s1. The molecule has 2 aliphatic rings. The lowest BCUT2D eigenvalue weighted by Gasteiger charge is -2.18. The first kappa shape index (κ1) is 15.8. The van der Waals surface area contributed by atoms with E-state index in [1.807, 2.05) is 24.3 Å². The number of likely N-dealkylation sites (tertiary alicyclic amines) is 1. The normalized spacial score (nSPS) is 19.9. The Hall–Kier alpha value is -2.69. The van der Waals surface area contributed by atoms with Crippen LogP contribution in [0.15, 0.2) is 48.8 Å². The highest BCUT2D eigenvalue weighted by atomic mass is 16.2. The van der Waals surface area contributed by atoms with Gasteiger partial charge in [-0.25, -0.2) is 0 Å². The van der Waals surface area contributed by atoms with E-state index in [4.69, 9.17) is 0 Å². The molecule has 0 spiro atoms. The molecule has 25 heavy (non-hydrogen) atoms. The van der Waals surface area contributed by atoms with Gasteiger partial charge in [0.05, 0.1) is 5.92 Å². The topological polar surface area (TPSA) is 62.3 Å². The molecular formula is C20H21N3O2. The van der Waals surface area contributed by atoms with E-state index >= 15 is 0 Å². The van der Waals surface area contributed by atoms with Gasteiger partial charge in [0.15, 0.2) is 0 Å². The zero-order valence-corrected chi connectivity index (χ0v) is 14.0. The molecule has 1 N–H and O–H groups in total. The maximum Gasteiger partial charge on any atom is 0.225 e. The summed E-state index contributed by atoms with van der Waals surface area (Å²) in [4.78, 5) is 30.6. The number of benzene rings is 1.